The topological polar surface area (TPSA) is 86.6 Å². The van der Waals surface area contributed by atoms with Gasteiger partial charge in [-0.3, -0.25) is 4.79 Å². The molecule has 0 spiro atoms. The van der Waals surface area contributed by atoms with Crippen molar-refractivity contribution in [2.24, 2.45) is 0 Å². The van der Waals surface area contributed by atoms with E-state index < -0.39 is 11.9 Å². The second-order valence-corrected chi connectivity index (χ2v) is 5.28. The second-order valence-electron chi connectivity index (χ2n) is 4.33. The Morgan fingerprint density at radius 3 is 2.67 bits per heavy atom. The first kappa shape index (κ1) is 14.8. The standard InChI is InChI=1S/C15H13NO4S/c1-9(13-3-2-6-21-13)7-14(18)16-12-5-4-10(17)8-11(12)15(19)20/h2-8,17H,1H3,(H,16,18)(H,19,20). The van der Waals surface area contributed by atoms with E-state index in [1.165, 1.54) is 29.5 Å². The highest BCUT2D eigenvalue weighted by molar-refractivity contribution is 7.11. The third kappa shape index (κ3) is 3.70. The third-order valence-corrected chi connectivity index (χ3v) is 3.75. The highest BCUT2D eigenvalue weighted by Gasteiger charge is 2.12. The van der Waals surface area contributed by atoms with E-state index in [2.05, 4.69) is 5.32 Å². The molecule has 5 nitrogen and oxygen atoms in total. The van der Waals surface area contributed by atoms with Crippen molar-refractivity contribution in [2.75, 3.05) is 5.32 Å². The number of phenols is 1. The van der Waals surface area contributed by atoms with E-state index in [-0.39, 0.29) is 17.0 Å². The molecule has 3 N–H and O–H groups in total. The number of nitrogens with one attached hydrogen (secondary N) is 1. The van der Waals surface area contributed by atoms with E-state index in [9.17, 15) is 14.7 Å². The van der Waals surface area contributed by atoms with Crippen molar-refractivity contribution in [1.82, 2.24) is 0 Å². The lowest BCUT2D eigenvalue weighted by molar-refractivity contribution is -0.111. The van der Waals surface area contributed by atoms with Gasteiger partial charge in [0.2, 0.25) is 5.91 Å². The summed E-state index contributed by atoms with van der Waals surface area (Å²) in [5, 5.41) is 22.8. The Morgan fingerprint density at radius 2 is 2.05 bits per heavy atom. The summed E-state index contributed by atoms with van der Waals surface area (Å²) < 4.78 is 0. The van der Waals surface area contributed by atoms with Gasteiger partial charge < -0.3 is 15.5 Å². The van der Waals surface area contributed by atoms with Gasteiger partial charge in [-0.1, -0.05) is 6.07 Å². The van der Waals surface area contributed by atoms with Crippen molar-refractivity contribution in [2.45, 2.75) is 6.92 Å². The summed E-state index contributed by atoms with van der Waals surface area (Å²) in [7, 11) is 0. The molecule has 0 radical (unpaired) electrons. The van der Waals surface area contributed by atoms with Crippen LogP contribution in [0.25, 0.3) is 5.57 Å². The van der Waals surface area contributed by atoms with Crippen LogP contribution in [0.5, 0.6) is 5.75 Å². The van der Waals surface area contributed by atoms with Gasteiger partial charge >= 0.3 is 5.97 Å². The summed E-state index contributed by atoms with van der Waals surface area (Å²) in [6.45, 7) is 1.81. The first-order chi connectivity index (χ1) is 9.97. The molecule has 1 amide bonds. The Balaban J connectivity index is 2.20. The smallest absolute Gasteiger partial charge is 0.337 e. The second kappa shape index (κ2) is 6.23. The lowest BCUT2D eigenvalue weighted by Crippen LogP contribution is -2.12. The Morgan fingerprint density at radius 1 is 1.29 bits per heavy atom. The summed E-state index contributed by atoms with van der Waals surface area (Å²) in [4.78, 5) is 24.0. The average molecular weight is 303 g/mol. The van der Waals surface area contributed by atoms with Crippen molar-refractivity contribution in [3.63, 3.8) is 0 Å². The molecule has 0 unspecified atom stereocenters. The molecule has 0 aliphatic heterocycles. The summed E-state index contributed by atoms with van der Waals surface area (Å²) >= 11 is 1.51. The number of allylic oxidation sites excluding steroid dienone is 1. The Bertz CT molecular complexity index is 704. The quantitative estimate of drug-likeness (QED) is 0.598. The van der Waals surface area contributed by atoms with E-state index in [1.807, 2.05) is 17.5 Å². The number of carbonyl (C=O) groups is 2. The fraction of sp³-hybridized carbons (Fsp3) is 0.0667. The highest BCUT2D eigenvalue weighted by atomic mass is 32.1. The minimum atomic E-state index is -1.22. The van der Waals surface area contributed by atoms with Crippen molar-refractivity contribution in [3.05, 3.63) is 52.2 Å². The molecule has 0 bridgehead atoms. The van der Waals surface area contributed by atoms with Gasteiger partial charge in [-0.2, -0.15) is 0 Å². The maximum Gasteiger partial charge on any atom is 0.337 e. The molecule has 21 heavy (non-hydrogen) atoms. The van der Waals surface area contributed by atoms with E-state index in [4.69, 9.17) is 5.11 Å². The van der Waals surface area contributed by atoms with Gasteiger partial charge in [0.15, 0.2) is 0 Å². The van der Waals surface area contributed by atoms with Crippen LogP contribution >= 0.6 is 11.3 Å². The molecule has 0 aliphatic rings. The molecule has 0 atom stereocenters. The number of carbonyl (C=O) groups excluding carboxylic acids is 1. The molecule has 1 aromatic carbocycles. The molecule has 108 valence electrons. The van der Waals surface area contributed by atoms with E-state index in [1.54, 1.807) is 6.92 Å². The Kier molecular flexibility index (Phi) is 4.39. The average Bonchev–Trinajstić information content (AvgIpc) is 2.94. The number of carboxylic acids is 1. The number of phenolic OH excluding ortho intramolecular Hbond substituents is 1. The van der Waals surface area contributed by atoms with Gasteiger partial charge in [-0.05, 0) is 42.1 Å². The number of anilines is 1. The number of thiophene rings is 1. The van der Waals surface area contributed by atoms with Crippen LogP contribution in [-0.2, 0) is 4.79 Å². The van der Waals surface area contributed by atoms with Crippen molar-refractivity contribution >= 4 is 34.5 Å². The zero-order chi connectivity index (χ0) is 15.4. The number of hydrogen-bond acceptors (Lipinski definition) is 4. The number of amides is 1. The van der Waals surface area contributed by atoms with E-state index in [0.717, 1.165) is 16.5 Å². The number of carboxylic acid groups (broad SMARTS) is 1. The third-order valence-electron chi connectivity index (χ3n) is 2.75. The predicted octanol–water partition coefficient (Wildman–Crippen LogP) is 3.19. The van der Waals surface area contributed by atoms with Gasteiger partial charge in [-0.15, -0.1) is 11.3 Å². The summed E-state index contributed by atoms with van der Waals surface area (Å²) in [5.74, 6) is -1.81. The molecule has 2 rings (SSSR count). The molecule has 2 aromatic rings. The number of aromatic hydroxyl groups is 1. The first-order valence-electron chi connectivity index (χ1n) is 6.07. The van der Waals surface area contributed by atoms with Gasteiger partial charge in [0.1, 0.15) is 5.75 Å². The zero-order valence-corrected chi connectivity index (χ0v) is 12.0. The maximum absolute atomic E-state index is 11.9. The normalized spacial score (nSPS) is 11.2. The molecule has 1 aromatic heterocycles. The van der Waals surface area contributed by atoms with Crippen molar-refractivity contribution in [3.8, 4) is 5.75 Å². The van der Waals surface area contributed by atoms with Crippen molar-refractivity contribution in [1.29, 1.82) is 0 Å². The monoisotopic (exact) mass is 303 g/mol. The lowest BCUT2D eigenvalue weighted by atomic mass is 10.1. The van der Waals surface area contributed by atoms with Crippen LogP contribution in [-0.4, -0.2) is 22.1 Å². The molecule has 0 saturated carbocycles. The minimum Gasteiger partial charge on any atom is -0.508 e. The summed E-state index contributed by atoms with van der Waals surface area (Å²) in [5.41, 5.74) is 0.768. The number of rotatable bonds is 4. The zero-order valence-electron chi connectivity index (χ0n) is 11.2. The van der Waals surface area contributed by atoms with Crippen LogP contribution in [0.4, 0.5) is 5.69 Å². The van der Waals surface area contributed by atoms with Crippen LogP contribution in [0.2, 0.25) is 0 Å². The number of aromatic carboxylic acids is 1. The largest absolute Gasteiger partial charge is 0.508 e. The van der Waals surface area contributed by atoms with E-state index >= 15 is 0 Å². The van der Waals surface area contributed by atoms with Crippen LogP contribution in [0, 0.1) is 0 Å². The molecular formula is C15H13NO4S. The first-order valence-corrected chi connectivity index (χ1v) is 6.95. The van der Waals surface area contributed by atoms with Gasteiger partial charge in [0, 0.05) is 11.0 Å². The fourth-order valence-electron chi connectivity index (χ4n) is 1.76. The molecule has 6 heteroatoms. The number of hydrogen-bond donors (Lipinski definition) is 3. The van der Waals surface area contributed by atoms with Gasteiger partial charge in [-0.25, -0.2) is 4.79 Å². The van der Waals surface area contributed by atoms with Crippen LogP contribution < -0.4 is 5.32 Å². The molecule has 0 saturated heterocycles. The van der Waals surface area contributed by atoms with Crippen LogP contribution in [0.1, 0.15) is 22.2 Å². The van der Waals surface area contributed by atoms with E-state index in [0.29, 0.717) is 0 Å². The lowest BCUT2D eigenvalue weighted by Gasteiger charge is -2.07. The van der Waals surface area contributed by atoms with Gasteiger partial charge in [0.25, 0.3) is 0 Å². The fourth-order valence-corrected chi connectivity index (χ4v) is 2.46. The predicted molar refractivity (Wildman–Crippen MR) is 81.7 cm³/mol. The SMILES string of the molecule is CC(=CC(=O)Nc1ccc(O)cc1C(=O)O)c1cccs1. The molecule has 1 heterocycles. The minimum absolute atomic E-state index is 0.139. The highest BCUT2D eigenvalue weighted by Crippen LogP contribution is 2.22. The summed E-state index contributed by atoms with van der Waals surface area (Å²) in [6.07, 6.45) is 1.41. The van der Waals surface area contributed by atoms with Crippen LogP contribution in [0.15, 0.2) is 41.8 Å². The Hall–Kier alpha value is -2.60. The van der Waals surface area contributed by atoms with Gasteiger partial charge in [0.05, 0.1) is 11.3 Å². The van der Waals surface area contributed by atoms with Crippen molar-refractivity contribution < 1.29 is 19.8 Å². The summed E-state index contributed by atoms with van der Waals surface area (Å²) in [6, 6.07) is 7.54. The Labute approximate surface area is 125 Å². The van der Waals surface area contributed by atoms with Crippen LogP contribution in [0.3, 0.4) is 0 Å². The molecular weight excluding hydrogens is 290 g/mol. The maximum atomic E-state index is 11.9. The molecule has 0 fully saturated rings. The number of benzene rings is 1. The molecule has 0 aliphatic carbocycles.